The number of rotatable bonds is 5. The van der Waals surface area contributed by atoms with Crippen molar-refractivity contribution < 1.29 is 17.6 Å². The lowest BCUT2D eigenvalue weighted by molar-refractivity contribution is 0.0746. The lowest BCUT2D eigenvalue weighted by atomic mass is 10.1. The largest absolute Gasteiger partial charge is 0.366 e. The van der Waals surface area contributed by atoms with Crippen molar-refractivity contribution >= 4 is 27.3 Å². The first kappa shape index (κ1) is 22.8. The second kappa shape index (κ2) is 9.23. The van der Waals surface area contributed by atoms with Gasteiger partial charge in [-0.25, -0.2) is 12.8 Å². The van der Waals surface area contributed by atoms with Gasteiger partial charge in [0, 0.05) is 31.7 Å². The molecule has 1 heterocycles. The number of carbonyl (C=O) groups is 1. The third-order valence-corrected chi connectivity index (χ3v) is 7.28. The molecular formula is C25H26FN3O3S. The van der Waals surface area contributed by atoms with Crippen molar-refractivity contribution in [1.82, 2.24) is 4.90 Å². The monoisotopic (exact) mass is 467 g/mol. The van der Waals surface area contributed by atoms with E-state index < -0.39 is 10.0 Å². The topological polar surface area (TPSA) is 69.7 Å². The fraction of sp³-hybridized carbons (Fsp3) is 0.240. The number of carbonyl (C=O) groups excluding carboxylic acids is 1. The average molecular weight is 468 g/mol. The van der Waals surface area contributed by atoms with Gasteiger partial charge in [0.2, 0.25) is 0 Å². The number of hydrogen-bond donors (Lipinski definition) is 1. The van der Waals surface area contributed by atoms with E-state index in [4.69, 9.17) is 0 Å². The highest BCUT2D eigenvalue weighted by Crippen LogP contribution is 2.25. The lowest BCUT2D eigenvalue weighted by Crippen LogP contribution is -2.49. The third kappa shape index (κ3) is 4.85. The van der Waals surface area contributed by atoms with Gasteiger partial charge >= 0.3 is 0 Å². The van der Waals surface area contributed by atoms with Crippen LogP contribution in [0.5, 0.6) is 0 Å². The Morgan fingerprint density at radius 1 is 0.879 bits per heavy atom. The number of benzene rings is 3. The van der Waals surface area contributed by atoms with Crippen molar-refractivity contribution in [2.45, 2.75) is 18.7 Å². The molecule has 1 saturated heterocycles. The van der Waals surface area contributed by atoms with Gasteiger partial charge in [0.25, 0.3) is 15.9 Å². The molecule has 3 aromatic rings. The van der Waals surface area contributed by atoms with Crippen LogP contribution in [0.1, 0.15) is 21.5 Å². The number of hydrogen-bond acceptors (Lipinski definition) is 4. The van der Waals surface area contributed by atoms with Gasteiger partial charge < -0.3 is 9.80 Å². The molecule has 0 aromatic heterocycles. The average Bonchev–Trinajstić information content (AvgIpc) is 2.81. The zero-order chi connectivity index (χ0) is 23.6. The fourth-order valence-corrected chi connectivity index (χ4v) is 5.05. The summed E-state index contributed by atoms with van der Waals surface area (Å²) in [5.41, 5.74) is 2.88. The normalized spacial score (nSPS) is 14.3. The molecule has 4 rings (SSSR count). The van der Waals surface area contributed by atoms with Crippen molar-refractivity contribution in [3.8, 4) is 0 Å². The first-order chi connectivity index (χ1) is 15.8. The van der Waals surface area contributed by atoms with Crippen LogP contribution in [0.2, 0.25) is 0 Å². The zero-order valence-electron chi connectivity index (χ0n) is 18.6. The number of sulfonamides is 1. The van der Waals surface area contributed by atoms with E-state index in [2.05, 4.69) is 4.72 Å². The summed E-state index contributed by atoms with van der Waals surface area (Å²) in [7, 11) is -3.78. The number of halogens is 1. The number of nitrogens with one attached hydrogen (secondary N) is 1. The molecule has 1 fully saturated rings. The molecule has 1 aliphatic rings. The second-order valence-corrected chi connectivity index (χ2v) is 9.81. The van der Waals surface area contributed by atoms with Crippen LogP contribution in [0.15, 0.2) is 71.6 Å². The Kier molecular flexibility index (Phi) is 6.37. The number of aryl methyl sites for hydroxylation is 1. The number of nitrogens with zero attached hydrogens (tertiary/aromatic N) is 2. The molecule has 33 heavy (non-hydrogen) atoms. The third-order valence-electron chi connectivity index (χ3n) is 5.90. The molecule has 0 saturated carbocycles. The molecule has 0 spiro atoms. The molecule has 1 aliphatic heterocycles. The van der Waals surface area contributed by atoms with Crippen LogP contribution < -0.4 is 9.62 Å². The number of para-hydroxylation sites is 1. The molecular weight excluding hydrogens is 441 g/mol. The standard InChI is InChI=1S/C25H26FN3O3S/c1-18-10-12-20(13-11-18)33(31,32)27-23-8-5-6-21(19(23)2)25(30)29-16-14-28(15-17-29)24-9-4-3-7-22(24)26/h3-13,27H,14-17H2,1-2H3. The van der Waals surface area contributed by atoms with Crippen molar-refractivity contribution in [3.05, 3.63) is 89.2 Å². The van der Waals surface area contributed by atoms with Crippen LogP contribution in [0.3, 0.4) is 0 Å². The Morgan fingerprint density at radius 2 is 1.55 bits per heavy atom. The first-order valence-electron chi connectivity index (χ1n) is 10.7. The molecule has 6 nitrogen and oxygen atoms in total. The first-order valence-corrected chi connectivity index (χ1v) is 12.2. The van der Waals surface area contributed by atoms with Gasteiger partial charge in [-0.2, -0.15) is 0 Å². The predicted molar refractivity (Wildman–Crippen MR) is 128 cm³/mol. The van der Waals surface area contributed by atoms with Gasteiger partial charge in [-0.05, 0) is 55.8 Å². The molecule has 1 amide bonds. The highest BCUT2D eigenvalue weighted by molar-refractivity contribution is 7.92. The Hall–Kier alpha value is -3.39. The van der Waals surface area contributed by atoms with Crippen LogP contribution in [-0.2, 0) is 10.0 Å². The minimum absolute atomic E-state index is 0.161. The second-order valence-electron chi connectivity index (χ2n) is 8.13. The maximum Gasteiger partial charge on any atom is 0.261 e. The van der Waals surface area contributed by atoms with E-state index in [9.17, 15) is 17.6 Å². The Bertz CT molecular complexity index is 1270. The minimum atomic E-state index is -3.78. The molecule has 0 atom stereocenters. The summed E-state index contributed by atoms with van der Waals surface area (Å²) in [6, 6.07) is 18.2. The van der Waals surface area contributed by atoms with E-state index in [0.29, 0.717) is 48.7 Å². The Labute approximate surface area is 193 Å². The highest BCUT2D eigenvalue weighted by atomic mass is 32.2. The van der Waals surface area contributed by atoms with Crippen LogP contribution in [-0.4, -0.2) is 45.4 Å². The summed E-state index contributed by atoms with van der Waals surface area (Å²) in [6.45, 7) is 5.56. The molecule has 1 N–H and O–H groups in total. The Morgan fingerprint density at radius 3 is 2.21 bits per heavy atom. The quantitative estimate of drug-likeness (QED) is 0.611. The van der Waals surface area contributed by atoms with E-state index in [0.717, 1.165) is 5.56 Å². The summed E-state index contributed by atoms with van der Waals surface area (Å²) >= 11 is 0. The van der Waals surface area contributed by atoms with Crippen LogP contribution in [0, 0.1) is 19.7 Å². The maximum atomic E-state index is 14.1. The molecule has 0 unspecified atom stereocenters. The summed E-state index contributed by atoms with van der Waals surface area (Å²) in [6.07, 6.45) is 0. The minimum Gasteiger partial charge on any atom is -0.366 e. The van der Waals surface area contributed by atoms with Gasteiger partial charge in [-0.15, -0.1) is 0 Å². The molecule has 0 aliphatic carbocycles. The summed E-state index contributed by atoms with van der Waals surface area (Å²) in [5, 5.41) is 0. The maximum absolute atomic E-state index is 14.1. The van der Waals surface area contributed by atoms with Gasteiger partial charge in [0.1, 0.15) is 5.82 Å². The number of anilines is 2. The Balaban J connectivity index is 1.49. The van der Waals surface area contributed by atoms with Crippen molar-refractivity contribution in [2.75, 3.05) is 35.8 Å². The number of piperazine rings is 1. The summed E-state index contributed by atoms with van der Waals surface area (Å²) in [4.78, 5) is 17.0. The van der Waals surface area contributed by atoms with Crippen molar-refractivity contribution in [2.24, 2.45) is 0 Å². The van der Waals surface area contributed by atoms with Crippen molar-refractivity contribution in [1.29, 1.82) is 0 Å². The van der Waals surface area contributed by atoms with Crippen LogP contribution in [0.25, 0.3) is 0 Å². The molecule has 172 valence electrons. The fourth-order valence-electron chi connectivity index (χ4n) is 3.93. The van der Waals surface area contributed by atoms with Gasteiger partial charge in [-0.3, -0.25) is 9.52 Å². The summed E-state index contributed by atoms with van der Waals surface area (Å²) < 4.78 is 42.3. The lowest BCUT2D eigenvalue weighted by Gasteiger charge is -2.36. The van der Waals surface area contributed by atoms with E-state index in [-0.39, 0.29) is 16.6 Å². The molecule has 0 radical (unpaired) electrons. The predicted octanol–water partition coefficient (Wildman–Crippen LogP) is 4.21. The van der Waals surface area contributed by atoms with E-state index in [1.54, 1.807) is 72.5 Å². The molecule has 8 heteroatoms. The number of amides is 1. The van der Waals surface area contributed by atoms with Gasteiger partial charge in [-0.1, -0.05) is 35.9 Å². The summed E-state index contributed by atoms with van der Waals surface area (Å²) in [5.74, 6) is -0.446. The smallest absolute Gasteiger partial charge is 0.261 e. The SMILES string of the molecule is Cc1ccc(S(=O)(=O)Nc2cccc(C(=O)N3CCN(c4ccccc4F)CC3)c2C)cc1. The van der Waals surface area contributed by atoms with Crippen LogP contribution >= 0.6 is 0 Å². The van der Waals surface area contributed by atoms with Crippen LogP contribution in [0.4, 0.5) is 15.8 Å². The van der Waals surface area contributed by atoms with E-state index in [1.807, 2.05) is 11.8 Å². The van der Waals surface area contributed by atoms with E-state index in [1.165, 1.54) is 6.07 Å². The highest BCUT2D eigenvalue weighted by Gasteiger charge is 2.25. The molecule has 3 aromatic carbocycles. The van der Waals surface area contributed by atoms with Crippen molar-refractivity contribution in [3.63, 3.8) is 0 Å². The molecule has 0 bridgehead atoms. The van der Waals surface area contributed by atoms with Gasteiger partial charge in [0.15, 0.2) is 0 Å². The zero-order valence-corrected chi connectivity index (χ0v) is 19.4. The van der Waals surface area contributed by atoms with E-state index >= 15 is 0 Å². The van der Waals surface area contributed by atoms with Gasteiger partial charge in [0.05, 0.1) is 16.3 Å².